The van der Waals surface area contributed by atoms with E-state index in [1.807, 2.05) is 35.3 Å². The van der Waals surface area contributed by atoms with Gasteiger partial charge in [-0.15, -0.1) is 10.6 Å². The Morgan fingerprint density at radius 3 is 2.38 bits per heavy atom. The summed E-state index contributed by atoms with van der Waals surface area (Å²) in [4.78, 5) is 0. The van der Waals surface area contributed by atoms with Gasteiger partial charge in [0.1, 0.15) is 0 Å². The van der Waals surface area contributed by atoms with E-state index in [2.05, 4.69) is 50.5 Å². The van der Waals surface area contributed by atoms with Crippen LogP contribution in [0.5, 0.6) is 0 Å². The summed E-state index contributed by atoms with van der Waals surface area (Å²) in [7, 11) is -3.19. The summed E-state index contributed by atoms with van der Waals surface area (Å²) in [5.41, 5.74) is 8.97. The van der Waals surface area contributed by atoms with Crippen molar-refractivity contribution < 1.29 is 8.42 Å². The molecule has 1 aliphatic carbocycles. The fourth-order valence-electron chi connectivity index (χ4n) is 4.04. The minimum Gasteiger partial charge on any atom is -0.385 e. The fraction of sp³-hybridized carbons (Fsp3) is 0.435. The monoisotopic (exact) mass is 456 g/mol. The number of hydrazine groups is 2. The van der Waals surface area contributed by atoms with Gasteiger partial charge in [-0.2, -0.15) is 0 Å². The van der Waals surface area contributed by atoms with Gasteiger partial charge in [0.05, 0.1) is 10.9 Å². The van der Waals surface area contributed by atoms with Crippen molar-refractivity contribution >= 4 is 27.2 Å². The first-order chi connectivity index (χ1) is 15.4. The SMILES string of the molecule is CC(C)S(=O)(=O)N[C@H]1CC[C@H](CNc2ccc(C3=NNNN3c3ccccc3)cc2)CC1. The third-order valence-corrected chi connectivity index (χ3v) is 7.99. The third-order valence-electron chi connectivity index (χ3n) is 6.09. The zero-order valence-corrected chi connectivity index (χ0v) is 19.4. The molecule has 1 fully saturated rings. The lowest BCUT2D eigenvalue weighted by molar-refractivity contribution is 0.323. The Bertz CT molecular complexity index is 1020. The highest BCUT2D eigenvalue weighted by molar-refractivity contribution is 7.90. The molecule has 1 saturated carbocycles. The molecule has 4 N–H and O–H groups in total. The van der Waals surface area contributed by atoms with Gasteiger partial charge in [0.25, 0.3) is 0 Å². The second kappa shape index (κ2) is 9.89. The van der Waals surface area contributed by atoms with E-state index < -0.39 is 10.0 Å². The fourth-order valence-corrected chi connectivity index (χ4v) is 5.01. The molecule has 0 bridgehead atoms. The van der Waals surface area contributed by atoms with Gasteiger partial charge in [-0.05, 0) is 81.8 Å². The molecule has 0 spiro atoms. The maximum absolute atomic E-state index is 12.1. The number of nitrogens with one attached hydrogen (secondary N) is 4. The number of hydrazone groups is 1. The van der Waals surface area contributed by atoms with Crippen molar-refractivity contribution in [3.8, 4) is 0 Å². The molecule has 8 nitrogen and oxygen atoms in total. The summed E-state index contributed by atoms with van der Waals surface area (Å²) in [6.07, 6.45) is 3.84. The quantitative estimate of drug-likeness (QED) is 0.487. The molecule has 0 aromatic heterocycles. The van der Waals surface area contributed by atoms with Crippen molar-refractivity contribution in [3.63, 3.8) is 0 Å². The summed E-state index contributed by atoms with van der Waals surface area (Å²) in [5.74, 6) is 1.36. The van der Waals surface area contributed by atoms with Crippen LogP contribution < -0.4 is 26.1 Å². The van der Waals surface area contributed by atoms with Crippen molar-refractivity contribution in [1.29, 1.82) is 0 Å². The van der Waals surface area contributed by atoms with Crippen molar-refractivity contribution in [3.05, 3.63) is 60.2 Å². The van der Waals surface area contributed by atoms with Crippen LogP contribution in [0.1, 0.15) is 45.1 Å². The number of hydrogen-bond acceptors (Lipinski definition) is 7. The van der Waals surface area contributed by atoms with Crippen LogP contribution >= 0.6 is 0 Å². The Morgan fingerprint density at radius 2 is 1.72 bits per heavy atom. The van der Waals surface area contributed by atoms with Crippen LogP contribution in [0.25, 0.3) is 0 Å². The first-order valence-electron chi connectivity index (χ1n) is 11.2. The molecule has 2 aromatic carbocycles. The van der Waals surface area contributed by atoms with E-state index in [4.69, 9.17) is 0 Å². The van der Waals surface area contributed by atoms with Crippen LogP contribution in [0.4, 0.5) is 11.4 Å². The minimum absolute atomic E-state index is 0.0694. The van der Waals surface area contributed by atoms with Gasteiger partial charge in [0.2, 0.25) is 10.0 Å². The average Bonchev–Trinajstić information content (AvgIpc) is 3.29. The molecule has 0 saturated heterocycles. The highest BCUT2D eigenvalue weighted by Gasteiger charge is 2.26. The van der Waals surface area contributed by atoms with Gasteiger partial charge >= 0.3 is 0 Å². The van der Waals surface area contributed by atoms with Gasteiger partial charge in [-0.25, -0.2) is 23.7 Å². The molecule has 0 amide bonds. The normalized spacial score (nSPS) is 21.3. The van der Waals surface area contributed by atoms with Gasteiger partial charge in [-0.1, -0.05) is 18.2 Å². The number of hydrogen-bond donors (Lipinski definition) is 4. The second-order valence-corrected chi connectivity index (χ2v) is 11.0. The number of rotatable bonds is 8. The predicted molar refractivity (Wildman–Crippen MR) is 130 cm³/mol. The molecule has 0 unspecified atom stereocenters. The number of anilines is 2. The van der Waals surface area contributed by atoms with Crippen LogP contribution in [-0.4, -0.2) is 32.1 Å². The van der Waals surface area contributed by atoms with Crippen LogP contribution in [0, 0.1) is 5.92 Å². The van der Waals surface area contributed by atoms with E-state index in [0.717, 1.165) is 55.0 Å². The average molecular weight is 457 g/mol. The van der Waals surface area contributed by atoms with E-state index in [-0.39, 0.29) is 11.3 Å². The van der Waals surface area contributed by atoms with E-state index in [9.17, 15) is 8.42 Å². The predicted octanol–water partition coefficient (Wildman–Crippen LogP) is 3.18. The first-order valence-corrected chi connectivity index (χ1v) is 12.8. The van der Waals surface area contributed by atoms with Crippen LogP contribution in [0.2, 0.25) is 0 Å². The van der Waals surface area contributed by atoms with E-state index in [0.29, 0.717) is 5.92 Å². The zero-order chi connectivity index (χ0) is 22.6. The maximum atomic E-state index is 12.1. The Hall–Kier alpha value is -2.62. The highest BCUT2D eigenvalue weighted by Crippen LogP contribution is 2.26. The molecule has 1 heterocycles. The largest absolute Gasteiger partial charge is 0.385 e. The highest BCUT2D eigenvalue weighted by atomic mass is 32.2. The van der Waals surface area contributed by atoms with Crippen molar-refractivity contribution in [2.24, 2.45) is 11.0 Å². The van der Waals surface area contributed by atoms with Crippen molar-refractivity contribution in [1.82, 2.24) is 15.8 Å². The van der Waals surface area contributed by atoms with E-state index in [1.165, 1.54) is 0 Å². The summed E-state index contributed by atoms with van der Waals surface area (Å²) in [5, 5.41) is 9.43. The Balaban J connectivity index is 1.27. The number of amidine groups is 1. The van der Waals surface area contributed by atoms with Gasteiger partial charge in [-0.3, -0.25) is 0 Å². The molecular weight excluding hydrogens is 424 g/mol. The Morgan fingerprint density at radius 1 is 1.03 bits per heavy atom. The molecular formula is C23H32N6O2S. The van der Waals surface area contributed by atoms with Crippen LogP contribution in [0.3, 0.4) is 0 Å². The molecule has 172 valence electrons. The lowest BCUT2D eigenvalue weighted by Gasteiger charge is -2.29. The van der Waals surface area contributed by atoms with Crippen molar-refractivity contribution in [2.45, 2.75) is 50.8 Å². The molecule has 0 atom stereocenters. The lowest BCUT2D eigenvalue weighted by atomic mass is 9.86. The Kier molecular flexibility index (Phi) is 6.98. The van der Waals surface area contributed by atoms with Crippen molar-refractivity contribution in [2.75, 3.05) is 16.9 Å². The number of sulfonamides is 1. The molecule has 32 heavy (non-hydrogen) atoms. The summed E-state index contributed by atoms with van der Waals surface area (Å²) in [6.45, 7) is 4.33. The molecule has 0 radical (unpaired) electrons. The molecule has 9 heteroatoms. The van der Waals surface area contributed by atoms with E-state index >= 15 is 0 Å². The maximum Gasteiger partial charge on any atom is 0.214 e. The number of benzene rings is 2. The number of para-hydroxylation sites is 1. The van der Waals surface area contributed by atoms with Crippen LogP contribution in [-0.2, 0) is 10.0 Å². The number of nitrogens with zero attached hydrogens (tertiary/aromatic N) is 2. The van der Waals surface area contributed by atoms with Gasteiger partial charge in [0.15, 0.2) is 5.84 Å². The summed E-state index contributed by atoms with van der Waals surface area (Å²) >= 11 is 0. The smallest absolute Gasteiger partial charge is 0.214 e. The minimum atomic E-state index is -3.19. The molecule has 4 rings (SSSR count). The third kappa shape index (κ3) is 5.40. The summed E-state index contributed by atoms with van der Waals surface area (Å²) in [6, 6.07) is 18.3. The molecule has 2 aliphatic rings. The molecule has 2 aromatic rings. The standard InChI is InChI=1S/C23H32N6O2S/c1-17(2)32(30,31)26-21-12-8-18(9-13-21)16-24-20-14-10-19(11-15-20)23-25-27-28-29(23)22-6-4-3-5-7-22/h3-7,10-11,14-15,17-18,21,24,26-28H,8-9,12-13,16H2,1-2H3/t18-,21-. The lowest BCUT2D eigenvalue weighted by Crippen LogP contribution is -2.41. The zero-order valence-electron chi connectivity index (χ0n) is 18.6. The first kappa shape index (κ1) is 22.6. The topological polar surface area (TPSA) is 97.9 Å². The second-order valence-electron chi connectivity index (χ2n) is 8.72. The Labute approximate surface area is 190 Å². The van der Waals surface area contributed by atoms with Gasteiger partial charge in [0, 0.05) is 23.8 Å². The van der Waals surface area contributed by atoms with Gasteiger partial charge < -0.3 is 5.32 Å². The van der Waals surface area contributed by atoms with E-state index in [1.54, 1.807) is 13.8 Å². The van der Waals surface area contributed by atoms with Crippen LogP contribution in [0.15, 0.2) is 59.7 Å². The summed E-state index contributed by atoms with van der Waals surface area (Å²) < 4.78 is 27.0. The molecule has 1 aliphatic heterocycles.